The van der Waals surface area contributed by atoms with E-state index in [2.05, 4.69) is 5.32 Å². The third-order valence-electron chi connectivity index (χ3n) is 3.21. The summed E-state index contributed by atoms with van der Waals surface area (Å²) in [6, 6.07) is 5.74. The fourth-order valence-electron chi connectivity index (χ4n) is 2.28. The summed E-state index contributed by atoms with van der Waals surface area (Å²) in [7, 11) is 1.90. The minimum atomic E-state index is -0.339. The number of aliphatic hydroxyl groups excluding tert-OH is 1. The minimum Gasteiger partial charge on any atom is -0.396 e. The Morgan fingerprint density at radius 1 is 1.47 bits per heavy atom. The Kier molecular flexibility index (Phi) is 4.29. The van der Waals surface area contributed by atoms with Crippen LogP contribution in [-0.2, 0) is 22.4 Å². The first kappa shape index (κ1) is 13.7. The first-order chi connectivity index (χ1) is 9.17. The number of rotatable bonds is 5. The van der Waals surface area contributed by atoms with Crippen LogP contribution < -0.4 is 10.2 Å². The van der Waals surface area contributed by atoms with E-state index in [1.54, 1.807) is 0 Å². The number of fused-ring (bicyclic) bond motifs is 1. The summed E-state index contributed by atoms with van der Waals surface area (Å²) in [5.74, 6) is -0.548. The molecular formula is C14H18N2O3. The second-order valence-electron chi connectivity index (χ2n) is 4.59. The molecule has 1 aliphatic heterocycles. The van der Waals surface area contributed by atoms with E-state index in [1.807, 2.05) is 25.2 Å². The van der Waals surface area contributed by atoms with Crippen molar-refractivity contribution in [3.8, 4) is 0 Å². The lowest BCUT2D eigenvalue weighted by molar-refractivity contribution is -0.125. The molecule has 0 atom stereocenters. The summed E-state index contributed by atoms with van der Waals surface area (Å²) in [5, 5.41) is 11.9. The molecule has 1 aliphatic rings. The number of amides is 2. The van der Waals surface area contributed by atoms with E-state index in [-0.39, 0.29) is 31.3 Å². The highest BCUT2D eigenvalue weighted by Crippen LogP contribution is 2.30. The monoisotopic (exact) mass is 262 g/mol. The van der Waals surface area contributed by atoms with E-state index in [4.69, 9.17) is 5.11 Å². The van der Waals surface area contributed by atoms with Crippen molar-refractivity contribution in [3.63, 3.8) is 0 Å². The molecule has 1 aromatic carbocycles. The molecule has 1 aromatic rings. The quantitative estimate of drug-likeness (QED) is 0.798. The third kappa shape index (κ3) is 2.83. The number of imide groups is 1. The molecule has 2 rings (SSSR count). The maximum absolute atomic E-state index is 11.9. The molecule has 19 heavy (non-hydrogen) atoms. The molecule has 0 spiro atoms. The van der Waals surface area contributed by atoms with Gasteiger partial charge in [-0.05, 0) is 37.2 Å². The van der Waals surface area contributed by atoms with Crippen LogP contribution in [0, 0.1) is 0 Å². The van der Waals surface area contributed by atoms with Gasteiger partial charge in [-0.15, -0.1) is 0 Å². The van der Waals surface area contributed by atoms with E-state index < -0.39 is 0 Å². The second-order valence-corrected chi connectivity index (χ2v) is 4.59. The lowest BCUT2D eigenvalue weighted by Crippen LogP contribution is -2.34. The zero-order valence-corrected chi connectivity index (χ0v) is 11.0. The normalized spacial score (nSPS) is 13.8. The summed E-state index contributed by atoms with van der Waals surface area (Å²) < 4.78 is 0. The Morgan fingerprint density at radius 3 is 2.95 bits per heavy atom. The van der Waals surface area contributed by atoms with E-state index in [0.717, 1.165) is 24.1 Å². The first-order valence-corrected chi connectivity index (χ1v) is 6.40. The molecule has 102 valence electrons. The smallest absolute Gasteiger partial charge is 0.238 e. The van der Waals surface area contributed by atoms with Gasteiger partial charge in [0.1, 0.15) is 0 Å². The number of aliphatic hydroxyl groups is 1. The Labute approximate surface area is 112 Å². The number of carbonyl (C=O) groups excluding carboxylic acids is 2. The predicted octanol–water partition coefficient (Wildman–Crippen LogP) is 0.247. The lowest BCUT2D eigenvalue weighted by Gasteiger charge is -2.15. The van der Waals surface area contributed by atoms with Crippen LogP contribution in [0.1, 0.15) is 17.5 Å². The number of likely N-dealkylation sites (N-methyl/N-ethyl adjacent to an activating group) is 1. The van der Waals surface area contributed by atoms with Crippen LogP contribution in [-0.4, -0.2) is 37.1 Å². The van der Waals surface area contributed by atoms with Crippen molar-refractivity contribution in [3.05, 3.63) is 29.3 Å². The fraction of sp³-hybridized carbons (Fsp3) is 0.429. The SMILES string of the molecule is CNCCc1ccc2c(c1)CC(=O)N2C(=O)CCO. The summed E-state index contributed by atoms with van der Waals surface area (Å²) in [6.07, 6.45) is 1.13. The summed E-state index contributed by atoms with van der Waals surface area (Å²) >= 11 is 0. The summed E-state index contributed by atoms with van der Waals surface area (Å²) in [5.41, 5.74) is 2.71. The van der Waals surface area contributed by atoms with Gasteiger partial charge in [0.25, 0.3) is 0 Å². The Morgan fingerprint density at radius 2 is 2.26 bits per heavy atom. The van der Waals surface area contributed by atoms with Crippen molar-refractivity contribution in [2.45, 2.75) is 19.3 Å². The predicted molar refractivity (Wildman–Crippen MR) is 72.0 cm³/mol. The minimum absolute atomic E-state index is 0.0211. The number of carbonyl (C=O) groups is 2. The highest BCUT2D eigenvalue weighted by molar-refractivity contribution is 6.19. The van der Waals surface area contributed by atoms with Crippen LogP contribution in [0.15, 0.2) is 18.2 Å². The first-order valence-electron chi connectivity index (χ1n) is 6.40. The molecular weight excluding hydrogens is 244 g/mol. The Bertz CT molecular complexity index is 499. The summed E-state index contributed by atoms with van der Waals surface area (Å²) in [4.78, 5) is 24.9. The van der Waals surface area contributed by atoms with Gasteiger partial charge >= 0.3 is 0 Å². The number of nitrogens with zero attached hydrogens (tertiary/aromatic N) is 1. The van der Waals surface area contributed by atoms with Crippen LogP contribution in [0.3, 0.4) is 0 Å². The third-order valence-corrected chi connectivity index (χ3v) is 3.21. The van der Waals surface area contributed by atoms with Crippen molar-refractivity contribution in [2.75, 3.05) is 25.1 Å². The topological polar surface area (TPSA) is 69.6 Å². The van der Waals surface area contributed by atoms with Gasteiger partial charge in [-0.2, -0.15) is 0 Å². The number of hydrogen-bond donors (Lipinski definition) is 2. The van der Waals surface area contributed by atoms with Crippen LogP contribution in [0.25, 0.3) is 0 Å². The summed E-state index contributed by atoms with van der Waals surface area (Å²) in [6.45, 7) is 0.637. The molecule has 5 heteroatoms. The number of anilines is 1. The average molecular weight is 262 g/mol. The van der Waals surface area contributed by atoms with Crippen molar-refractivity contribution in [1.29, 1.82) is 0 Å². The zero-order valence-electron chi connectivity index (χ0n) is 11.0. The highest BCUT2D eigenvalue weighted by Gasteiger charge is 2.31. The molecule has 0 fully saturated rings. The van der Waals surface area contributed by atoms with Gasteiger partial charge in [0.05, 0.1) is 25.1 Å². The van der Waals surface area contributed by atoms with Crippen LogP contribution in [0.4, 0.5) is 5.69 Å². The second kappa shape index (κ2) is 5.95. The zero-order chi connectivity index (χ0) is 13.8. The van der Waals surface area contributed by atoms with Gasteiger partial charge in [-0.25, -0.2) is 4.90 Å². The van der Waals surface area contributed by atoms with Gasteiger partial charge < -0.3 is 10.4 Å². The van der Waals surface area contributed by atoms with E-state index in [9.17, 15) is 9.59 Å². The Balaban J connectivity index is 2.22. The maximum atomic E-state index is 11.9. The average Bonchev–Trinajstić information content (AvgIpc) is 2.71. The van der Waals surface area contributed by atoms with Crippen molar-refractivity contribution < 1.29 is 14.7 Å². The van der Waals surface area contributed by atoms with Crippen molar-refractivity contribution in [2.24, 2.45) is 0 Å². The lowest BCUT2D eigenvalue weighted by atomic mass is 10.1. The molecule has 2 N–H and O–H groups in total. The van der Waals surface area contributed by atoms with Crippen molar-refractivity contribution in [1.82, 2.24) is 5.32 Å². The van der Waals surface area contributed by atoms with E-state index in [0.29, 0.717) is 5.69 Å². The van der Waals surface area contributed by atoms with E-state index in [1.165, 1.54) is 4.90 Å². The molecule has 0 saturated carbocycles. The van der Waals surface area contributed by atoms with Crippen LogP contribution >= 0.6 is 0 Å². The molecule has 0 aromatic heterocycles. The number of nitrogens with one attached hydrogen (secondary N) is 1. The molecule has 0 bridgehead atoms. The molecule has 0 aliphatic carbocycles. The highest BCUT2D eigenvalue weighted by atomic mass is 16.3. The largest absolute Gasteiger partial charge is 0.396 e. The standard InChI is InChI=1S/C14H18N2O3/c1-15-6-4-10-2-3-12-11(8-10)9-14(19)16(12)13(18)5-7-17/h2-3,8,15,17H,4-7,9H2,1H3. The maximum Gasteiger partial charge on any atom is 0.238 e. The number of hydrogen-bond acceptors (Lipinski definition) is 4. The Hall–Kier alpha value is -1.72. The van der Waals surface area contributed by atoms with Crippen molar-refractivity contribution >= 4 is 17.5 Å². The number of benzene rings is 1. The van der Waals surface area contributed by atoms with Gasteiger partial charge in [0.15, 0.2) is 0 Å². The molecule has 1 heterocycles. The molecule has 0 unspecified atom stereocenters. The molecule has 0 radical (unpaired) electrons. The molecule has 0 saturated heterocycles. The van der Waals surface area contributed by atoms with Gasteiger partial charge in [-0.3, -0.25) is 9.59 Å². The van der Waals surface area contributed by atoms with Gasteiger partial charge in [-0.1, -0.05) is 12.1 Å². The van der Waals surface area contributed by atoms with Crippen LogP contribution in [0.2, 0.25) is 0 Å². The van der Waals surface area contributed by atoms with Crippen LogP contribution in [0.5, 0.6) is 0 Å². The van der Waals surface area contributed by atoms with Gasteiger partial charge in [0.2, 0.25) is 11.8 Å². The molecule has 5 nitrogen and oxygen atoms in total. The molecule has 2 amide bonds. The van der Waals surface area contributed by atoms with Gasteiger partial charge in [0, 0.05) is 0 Å². The fourth-order valence-corrected chi connectivity index (χ4v) is 2.28. The van der Waals surface area contributed by atoms with E-state index >= 15 is 0 Å².